The van der Waals surface area contributed by atoms with Gasteiger partial charge in [-0.2, -0.15) is 0 Å². The van der Waals surface area contributed by atoms with E-state index in [1.54, 1.807) is 0 Å². The average Bonchev–Trinajstić information content (AvgIpc) is 2.38. The molecule has 0 aliphatic carbocycles. The first kappa shape index (κ1) is 16.1. The van der Waals surface area contributed by atoms with Crippen LogP contribution >= 0.6 is 12.2 Å². The zero-order valence-corrected chi connectivity index (χ0v) is 13.8. The van der Waals surface area contributed by atoms with Gasteiger partial charge in [0.2, 0.25) is 0 Å². The molecular weight excluding hydrogens is 284 g/mol. The van der Waals surface area contributed by atoms with Crippen molar-refractivity contribution in [2.24, 2.45) is 5.73 Å². The summed E-state index contributed by atoms with van der Waals surface area (Å²) in [5.74, 6) is 0. The standard InChI is InChI=1S/C15H24N4OS/c1-10-8-13(14(15(16)21)12(3)17-10)18-11(2)9-19-4-6-20-7-5-19/h8,11H,4-7,9H2,1-3H3,(H2,16,21)(H,17,18). The van der Waals surface area contributed by atoms with Crippen LogP contribution in [-0.2, 0) is 4.74 Å². The van der Waals surface area contributed by atoms with Crippen molar-refractivity contribution >= 4 is 22.9 Å². The van der Waals surface area contributed by atoms with Crippen molar-refractivity contribution in [2.45, 2.75) is 26.8 Å². The van der Waals surface area contributed by atoms with Crippen LogP contribution in [0.4, 0.5) is 5.69 Å². The van der Waals surface area contributed by atoms with Gasteiger partial charge in [-0.05, 0) is 26.8 Å². The van der Waals surface area contributed by atoms with E-state index < -0.39 is 0 Å². The fourth-order valence-electron chi connectivity index (χ4n) is 2.74. The van der Waals surface area contributed by atoms with Crippen LogP contribution in [0, 0.1) is 13.8 Å². The molecule has 1 aliphatic heterocycles. The summed E-state index contributed by atoms with van der Waals surface area (Å²) in [6.45, 7) is 10.7. The fraction of sp³-hybridized carbons (Fsp3) is 0.600. The first-order valence-electron chi connectivity index (χ1n) is 7.32. The molecular formula is C15H24N4OS. The Morgan fingerprint density at radius 2 is 2.14 bits per heavy atom. The van der Waals surface area contributed by atoms with Crippen molar-refractivity contribution < 1.29 is 4.74 Å². The molecule has 1 unspecified atom stereocenters. The molecule has 1 aromatic rings. The summed E-state index contributed by atoms with van der Waals surface area (Å²) >= 11 is 5.17. The summed E-state index contributed by atoms with van der Waals surface area (Å²) in [5, 5.41) is 3.53. The van der Waals surface area contributed by atoms with Gasteiger partial charge >= 0.3 is 0 Å². The van der Waals surface area contributed by atoms with Crippen LogP contribution in [0.5, 0.6) is 0 Å². The lowest BCUT2D eigenvalue weighted by Gasteiger charge is -2.30. The molecule has 1 fully saturated rings. The van der Waals surface area contributed by atoms with Gasteiger partial charge in [0.25, 0.3) is 0 Å². The van der Waals surface area contributed by atoms with Gasteiger partial charge in [0, 0.05) is 42.8 Å². The Balaban J connectivity index is 2.08. The minimum atomic E-state index is 0.303. The van der Waals surface area contributed by atoms with Crippen LogP contribution < -0.4 is 11.1 Å². The molecule has 1 atom stereocenters. The molecule has 2 rings (SSSR count). The summed E-state index contributed by atoms with van der Waals surface area (Å²) in [5.41, 5.74) is 9.53. The van der Waals surface area contributed by atoms with Gasteiger partial charge in [-0.15, -0.1) is 0 Å². The number of rotatable bonds is 5. The van der Waals surface area contributed by atoms with E-state index in [4.69, 9.17) is 22.7 Å². The van der Waals surface area contributed by atoms with E-state index >= 15 is 0 Å². The number of thiocarbonyl (C=S) groups is 1. The molecule has 0 radical (unpaired) electrons. The van der Waals surface area contributed by atoms with Crippen LogP contribution in [-0.4, -0.2) is 53.8 Å². The highest BCUT2D eigenvalue weighted by Gasteiger charge is 2.16. The van der Waals surface area contributed by atoms with Gasteiger partial charge in [0.15, 0.2) is 0 Å². The molecule has 21 heavy (non-hydrogen) atoms. The Kier molecular flexibility index (Phi) is 5.50. The summed E-state index contributed by atoms with van der Waals surface area (Å²) in [6.07, 6.45) is 0. The number of nitrogens with zero attached hydrogens (tertiary/aromatic N) is 2. The lowest BCUT2D eigenvalue weighted by atomic mass is 10.1. The largest absolute Gasteiger partial charge is 0.389 e. The Morgan fingerprint density at radius 3 is 2.76 bits per heavy atom. The number of ether oxygens (including phenoxy) is 1. The number of hydrogen-bond acceptors (Lipinski definition) is 5. The maximum absolute atomic E-state index is 5.85. The second-order valence-corrected chi connectivity index (χ2v) is 6.03. The Hall–Kier alpha value is -1.24. The monoisotopic (exact) mass is 308 g/mol. The molecule has 116 valence electrons. The number of morpholine rings is 1. The molecule has 1 saturated heterocycles. The molecule has 0 bridgehead atoms. The van der Waals surface area contributed by atoms with Crippen molar-refractivity contribution in [1.82, 2.24) is 9.88 Å². The maximum atomic E-state index is 5.85. The highest BCUT2D eigenvalue weighted by Crippen LogP contribution is 2.20. The van der Waals surface area contributed by atoms with Crippen LogP contribution in [0.3, 0.4) is 0 Å². The maximum Gasteiger partial charge on any atom is 0.107 e. The third-order valence-corrected chi connectivity index (χ3v) is 3.82. The topological polar surface area (TPSA) is 63.4 Å². The molecule has 6 heteroatoms. The van der Waals surface area contributed by atoms with E-state index in [0.717, 1.165) is 55.5 Å². The quantitative estimate of drug-likeness (QED) is 0.803. The summed E-state index contributed by atoms with van der Waals surface area (Å²) in [6, 6.07) is 2.31. The number of aryl methyl sites for hydroxylation is 2. The smallest absolute Gasteiger partial charge is 0.107 e. The van der Waals surface area contributed by atoms with E-state index in [-0.39, 0.29) is 0 Å². The predicted octanol–water partition coefficient (Wildman–Crippen LogP) is 1.47. The van der Waals surface area contributed by atoms with E-state index in [9.17, 15) is 0 Å². The van der Waals surface area contributed by atoms with Crippen molar-refractivity contribution in [1.29, 1.82) is 0 Å². The molecule has 1 aromatic heterocycles. The fourth-order valence-corrected chi connectivity index (χ4v) is 2.99. The van der Waals surface area contributed by atoms with Gasteiger partial charge in [0.1, 0.15) is 4.99 Å². The van der Waals surface area contributed by atoms with Crippen LogP contribution in [0.1, 0.15) is 23.9 Å². The van der Waals surface area contributed by atoms with Crippen molar-refractivity contribution in [3.05, 3.63) is 23.0 Å². The highest BCUT2D eigenvalue weighted by molar-refractivity contribution is 7.80. The van der Waals surface area contributed by atoms with Crippen molar-refractivity contribution in [3.63, 3.8) is 0 Å². The Labute approximate surface area is 131 Å². The summed E-state index contributed by atoms with van der Waals surface area (Å²) in [4.78, 5) is 7.24. The Bertz CT molecular complexity index is 515. The van der Waals surface area contributed by atoms with E-state index in [1.165, 1.54) is 0 Å². The predicted molar refractivity (Wildman–Crippen MR) is 89.9 cm³/mol. The number of nitrogens with two attached hydrogens (primary N) is 1. The second-order valence-electron chi connectivity index (χ2n) is 5.59. The third-order valence-electron chi connectivity index (χ3n) is 3.61. The van der Waals surface area contributed by atoms with Gasteiger partial charge in [-0.25, -0.2) is 0 Å². The SMILES string of the molecule is Cc1cc(NC(C)CN2CCOCC2)c(C(N)=S)c(C)n1. The van der Waals surface area contributed by atoms with Gasteiger partial charge < -0.3 is 15.8 Å². The summed E-state index contributed by atoms with van der Waals surface area (Å²) < 4.78 is 5.38. The molecule has 1 aliphatic rings. The number of anilines is 1. The molecule has 0 aromatic carbocycles. The zero-order valence-electron chi connectivity index (χ0n) is 13.0. The number of aromatic nitrogens is 1. The van der Waals surface area contributed by atoms with Crippen molar-refractivity contribution in [2.75, 3.05) is 38.2 Å². The van der Waals surface area contributed by atoms with Gasteiger partial charge in [-0.3, -0.25) is 9.88 Å². The molecule has 3 N–H and O–H groups in total. The average molecular weight is 308 g/mol. The van der Waals surface area contributed by atoms with Gasteiger partial charge in [-0.1, -0.05) is 12.2 Å². The van der Waals surface area contributed by atoms with E-state index in [0.29, 0.717) is 11.0 Å². The van der Waals surface area contributed by atoms with Crippen LogP contribution in [0.25, 0.3) is 0 Å². The van der Waals surface area contributed by atoms with Crippen LogP contribution in [0.15, 0.2) is 6.07 Å². The second kappa shape index (κ2) is 7.15. The minimum absolute atomic E-state index is 0.303. The van der Waals surface area contributed by atoms with Crippen LogP contribution in [0.2, 0.25) is 0 Å². The molecule has 0 saturated carbocycles. The first-order chi connectivity index (χ1) is 9.97. The van der Waals surface area contributed by atoms with Crippen molar-refractivity contribution in [3.8, 4) is 0 Å². The van der Waals surface area contributed by atoms with E-state index in [2.05, 4.69) is 22.1 Å². The minimum Gasteiger partial charge on any atom is -0.389 e. The highest BCUT2D eigenvalue weighted by atomic mass is 32.1. The Morgan fingerprint density at radius 1 is 1.48 bits per heavy atom. The molecule has 2 heterocycles. The zero-order chi connectivity index (χ0) is 15.4. The molecule has 0 spiro atoms. The number of nitrogens with one attached hydrogen (secondary N) is 1. The number of pyridine rings is 1. The third kappa shape index (κ3) is 4.36. The summed E-state index contributed by atoms with van der Waals surface area (Å²) in [7, 11) is 0. The number of hydrogen-bond donors (Lipinski definition) is 2. The first-order valence-corrected chi connectivity index (χ1v) is 7.73. The van der Waals surface area contributed by atoms with Gasteiger partial charge in [0.05, 0.1) is 18.8 Å². The normalized spacial score (nSPS) is 17.5. The lowest BCUT2D eigenvalue weighted by molar-refractivity contribution is 0.0368. The molecule has 0 amide bonds. The van der Waals surface area contributed by atoms with E-state index in [1.807, 2.05) is 19.9 Å². The lowest BCUT2D eigenvalue weighted by Crippen LogP contribution is -2.42. The molecule has 5 nitrogen and oxygen atoms in total.